The fraction of sp³-hybridized carbons (Fsp3) is 0.379. The molecule has 0 spiro atoms. The van der Waals surface area contributed by atoms with Crippen LogP contribution in [0.4, 0.5) is 11.6 Å². The Hall–Kier alpha value is -3.01. The molecule has 2 aromatic carbocycles. The molecule has 1 fully saturated rings. The monoisotopic (exact) mass is 741 g/mol. The Balaban J connectivity index is 1.47. The van der Waals surface area contributed by atoms with Gasteiger partial charge in [-0.3, -0.25) is 14.2 Å². The number of aromatic nitrogens is 2. The van der Waals surface area contributed by atoms with Crippen LogP contribution in [0.25, 0.3) is 0 Å². The van der Waals surface area contributed by atoms with Crippen molar-refractivity contribution in [2.24, 2.45) is 0 Å². The number of aliphatic hydroxyl groups excluding tert-OH is 1. The average Bonchev–Trinajstić information content (AvgIpc) is 3.51. The molecule has 3 atom stereocenters. The topological polar surface area (TPSA) is 142 Å². The number of sulfonamides is 1. The van der Waals surface area contributed by atoms with E-state index in [2.05, 4.69) is 20.9 Å². The summed E-state index contributed by atoms with van der Waals surface area (Å²) in [6.07, 6.45) is -1.15. The van der Waals surface area contributed by atoms with Crippen molar-refractivity contribution in [1.82, 2.24) is 18.8 Å². The second-order valence-electron chi connectivity index (χ2n) is 11.1. The molecule has 2 unspecified atom stereocenters. The molecule has 0 radical (unpaired) electrons. The molecule has 45 heavy (non-hydrogen) atoms. The second-order valence-corrected chi connectivity index (χ2v) is 14.7. The van der Waals surface area contributed by atoms with Crippen molar-refractivity contribution in [3.8, 4) is 0 Å². The van der Waals surface area contributed by atoms with Gasteiger partial charge in [-0.2, -0.15) is 4.31 Å². The molecule has 1 aromatic heterocycles. The predicted octanol–water partition coefficient (Wildman–Crippen LogP) is 3.73. The number of halogens is 3. The van der Waals surface area contributed by atoms with Gasteiger partial charge in [0.1, 0.15) is 11.6 Å². The van der Waals surface area contributed by atoms with E-state index < -0.39 is 45.6 Å². The van der Waals surface area contributed by atoms with E-state index in [0.717, 1.165) is 10.0 Å². The highest BCUT2D eigenvalue weighted by atomic mass is 79.9. The maximum Gasteiger partial charge on any atom is 0.335 e. The molecule has 12 nitrogen and oxygen atoms in total. The number of rotatable bonds is 8. The zero-order valence-electron chi connectivity index (χ0n) is 24.5. The van der Waals surface area contributed by atoms with Crippen LogP contribution in [-0.4, -0.2) is 88.5 Å². The third kappa shape index (κ3) is 6.36. The van der Waals surface area contributed by atoms with Gasteiger partial charge in [-0.25, -0.2) is 23.1 Å². The molecule has 0 saturated carbocycles. The fourth-order valence-electron chi connectivity index (χ4n) is 5.47. The number of hydrogen-bond donors (Lipinski definition) is 1. The van der Waals surface area contributed by atoms with Crippen molar-refractivity contribution < 1.29 is 32.6 Å². The van der Waals surface area contributed by atoms with Crippen LogP contribution in [-0.2, 0) is 41.1 Å². The van der Waals surface area contributed by atoms with Crippen molar-refractivity contribution in [3.63, 3.8) is 0 Å². The normalized spacial score (nSPS) is 20.2. The number of benzene rings is 2. The smallest absolute Gasteiger partial charge is 0.335 e. The number of carbonyl (C=O) groups excluding carboxylic acids is 3. The van der Waals surface area contributed by atoms with Crippen molar-refractivity contribution in [2.45, 2.75) is 50.0 Å². The number of fused-ring (bicyclic) bond motifs is 1. The highest BCUT2D eigenvalue weighted by Gasteiger charge is 2.52. The van der Waals surface area contributed by atoms with Crippen LogP contribution >= 0.6 is 39.1 Å². The molecule has 5 rings (SSSR count). The number of aliphatic hydroxyl groups is 1. The molecule has 3 heterocycles. The van der Waals surface area contributed by atoms with Gasteiger partial charge in [0.15, 0.2) is 11.1 Å². The molecule has 240 valence electrons. The van der Waals surface area contributed by atoms with Crippen LogP contribution in [0.5, 0.6) is 0 Å². The van der Waals surface area contributed by atoms with E-state index in [0.29, 0.717) is 15.7 Å². The van der Waals surface area contributed by atoms with E-state index in [1.165, 1.54) is 44.8 Å². The van der Waals surface area contributed by atoms with Gasteiger partial charge >= 0.3 is 5.97 Å². The summed E-state index contributed by atoms with van der Waals surface area (Å²) in [5.74, 6) is -1.75. The largest absolute Gasteiger partial charge is 0.451 e. The van der Waals surface area contributed by atoms with Crippen molar-refractivity contribution in [3.05, 3.63) is 68.7 Å². The summed E-state index contributed by atoms with van der Waals surface area (Å²) in [5.41, 5.74) is -0.274. The average molecular weight is 743 g/mol. The van der Waals surface area contributed by atoms with Crippen LogP contribution < -0.4 is 4.90 Å². The molecule has 2 amide bonds. The number of anilines is 2. The molecule has 1 saturated heterocycles. The van der Waals surface area contributed by atoms with E-state index in [9.17, 15) is 27.9 Å². The highest BCUT2D eigenvalue weighted by Crippen LogP contribution is 2.45. The first kappa shape index (κ1) is 33.4. The van der Waals surface area contributed by atoms with Crippen molar-refractivity contribution >= 4 is 78.6 Å². The van der Waals surface area contributed by atoms with Gasteiger partial charge in [-0.1, -0.05) is 51.3 Å². The summed E-state index contributed by atoms with van der Waals surface area (Å²) in [6.45, 7) is 4.28. The van der Waals surface area contributed by atoms with Gasteiger partial charge in [0, 0.05) is 47.1 Å². The van der Waals surface area contributed by atoms with Gasteiger partial charge < -0.3 is 14.7 Å². The van der Waals surface area contributed by atoms with Crippen LogP contribution in [0.2, 0.25) is 10.0 Å². The summed E-state index contributed by atoms with van der Waals surface area (Å²) in [6, 6.07) is 12.0. The van der Waals surface area contributed by atoms with E-state index in [4.69, 9.17) is 27.9 Å². The number of carbonyl (C=O) groups is 3. The van der Waals surface area contributed by atoms with Gasteiger partial charge in [0.25, 0.3) is 21.8 Å². The predicted molar refractivity (Wildman–Crippen MR) is 170 cm³/mol. The molecule has 3 aromatic rings. The fourth-order valence-corrected chi connectivity index (χ4v) is 7.86. The third-order valence-electron chi connectivity index (χ3n) is 7.77. The minimum atomic E-state index is -4.22. The Labute approximate surface area is 278 Å². The zero-order chi connectivity index (χ0) is 32.8. The number of hydrogen-bond acceptors (Lipinski definition) is 8. The lowest BCUT2D eigenvalue weighted by molar-refractivity contribution is -0.165. The van der Waals surface area contributed by atoms with E-state index in [1.807, 2.05) is 24.3 Å². The summed E-state index contributed by atoms with van der Waals surface area (Å²) in [7, 11) is -4.22. The molecule has 1 N–H and O–H groups in total. The maximum absolute atomic E-state index is 14.3. The lowest BCUT2D eigenvalue weighted by Gasteiger charge is -2.35. The van der Waals surface area contributed by atoms with Gasteiger partial charge in [-0.05, 0) is 56.7 Å². The Kier molecular flexibility index (Phi) is 9.38. The Morgan fingerprint density at radius 2 is 1.67 bits per heavy atom. The minimum absolute atomic E-state index is 0.0395. The van der Waals surface area contributed by atoms with Crippen LogP contribution in [0, 0.1) is 0 Å². The minimum Gasteiger partial charge on any atom is -0.451 e. The second kappa shape index (κ2) is 12.6. The summed E-state index contributed by atoms with van der Waals surface area (Å²) in [4.78, 5) is 46.0. The van der Waals surface area contributed by atoms with E-state index >= 15 is 0 Å². The first-order valence-corrected chi connectivity index (χ1v) is 16.9. The molecule has 16 heteroatoms. The number of imidazole rings is 1. The zero-order valence-corrected chi connectivity index (χ0v) is 28.4. The van der Waals surface area contributed by atoms with Crippen molar-refractivity contribution in [2.75, 3.05) is 31.1 Å². The Bertz CT molecular complexity index is 1740. The SMILES string of the molecule is CC(O)C(=O)OC(C)C(=O)N1CCN(S(=O)(=O)c2cnc3n2[C@](C)(Cc2ccc(Br)cc2)C(=O)N3c2cc(Cl)cc(Cl)c2)CC1. The van der Waals surface area contributed by atoms with Crippen molar-refractivity contribution in [1.29, 1.82) is 0 Å². The third-order valence-corrected chi connectivity index (χ3v) is 10.6. The maximum atomic E-state index is 14.3. The molecule has 2 aliphatic rings. The Morgan fingerprint density at radius 1 is 1.07 bits per heavy atom. The van der Waals surface area contributed by atoms with Gasteiger partial charge in [0.2, 0.25) is 5.95 Å². The number of ether oxygens (including phenoxy) is 1. The lowest BCUT2D eigenvalue weighted by atomic mass is 9.92. The lowest BCUT2D eigenvalue weighted by Crippen LogP contribution is -2.53. The standard InChI is InChI=1S/C29H30BrCl2N5O7S/c1-17(38)26(40)44-18(2)25(39)34-8-10-35(11-9-34)45(42,43)24-16-33-28-36(23-13-21(31)12-22(32)14-23)27(41)29(3,37(24)28)15-19-4-6-20(30)7-5-19/h4-7,12-14,16-18,38H,8-11,15H2,1-3H3/t17?,18?,29-/m1/s1. The molecular weight excluding hydrogens is 713 g/mol. The van der Waals surface area contributed by atoms with Crippen LogP contribution in [0.15, 0.2) is 58.2 Å². The molecule has 0 aliphatic carbocycles. The highest BCUT2D eigenvalue weighted by molar-refractivity contribution is 9.10. The molecule has 2 aliphatic heterocycles. The summed E-state index contributed by atoms with van der Waals surface area (Å²) in [5, 5.41) is 9.78. The summed E-state index contributed by atoms with van der Waals surface area (Å²) < 4.78 is 36.9. The number of nitrogens with zero attached hydrogens (tertiary/aromatic N) is 5. The van der Waals surface area contributed by atoms with Gasteiger partial charge in [0.05, 0.1) is 11.9 Å². The quantitative estimate of drug-likeness (QED) is 0.345. The first-order valence-electron chi connectivity index (χ1n) is 13.9. The van der Waals surface area contributed by atoms with E-state index in [-0.39, 0.29) is 43.6 Å². The number of amides is 2. The first-order chi connectivity index (χ1) is 21.1. The van der Waals surface area contributed by atoms with E-state index in [1.54, 1.807) is 19.1 Å². The molecular formula is C29H30BrCl2N5O7S. The van der Waals surface area contributed by atoms with Crippen LogP contribution in [0.1, 0.15) is 26.3 Å². The Morgan fingerprint density at radius 3 is 2.24 bits per heavy atom. The number of esters is 1. The molecule has 0 bridgehead atoms. The number of piperazine rings is 1. The van der Waals surface area contributed by atoms with Crippen LogP contribution in [0.3, 0.4) is 0 Å². The van der Waals surface area contributed by atoms with Gasteiger partial charge in [-0.15, -0.1) is 0 Å². The summed E-state index contributed by atoms with van der Waals surface area (Å²) >= 11 is 16.0.